The molecule has 2 aliphatic heterocycles. The third-order valence-electron chi connectivity index (χ3n) is 7.83. The van der Waals surface area contributed by atoms with Gasteiger partial charge in [-0.2, -0.15) is 0 Å². The smallest absolute Gasteiger partial charge is 0.242 e. The molecule has 2 saturated heterocycles. The van der Waals surface area contributed by atoms with Crippen LogP contribution >= 0.6 is 23.2 Å². The first-order valence-corrected chi connectivity index (χ1v) is 13.4. The standard InChI is InChI=1S/C27H33Cl2N5O/c1-3-27(10-4-5-11-31-27)26(35)33-14-12-32(13-15-33)21-7-9-24-25(17-21)34(18-30-24)19(2)22-8-6-20(28)16-23(22)29/h6-9,16-19,31H,3-5,10-15H2,1-2H3/t19-,27?/m1/s1. The van der Waals surface area contributed by atoms with E-state index in [9.17, 15) is 4.79 Å². The van der Waals surface area contributed by atoms with Gasteiger partial charge in [0.2, 0.25) is 5.91 Å². The largest absolute Gasteiger partial charge is 0.368 e. The molecule has 3 heterocycles. The van der Waals surface area contributed by atoms with Crippen molar-refractivity contribution in [3.63, 3.8) is 0 Å². The first-order chi connectivity index (χ1) is 16.9. The van der Waals surface area contributed by atoms with Crippen LogP contribution in [-0.2, 0) is 4.79 Å². The molecule has 8 heteroatoms. The highest BCUT2D eigenvalue weighted by atomic mass is 35.5. The number of hydrogen-bond donors (Lipinski definition) is 1. The number of piperidine rings is 1. The van der Waals surface area contributed by atoms with E-state index >= 15 is 0 Å². The van der Waals surface area contributed by atoms with E-state index in [0.29, 0.717) is 10.0 Å². The molecular formula is C27H33Cl2N5O. The quantitative estimate of drug-likeness (QED) is 0.487. The first kappa shape index (κ1) is 24.4. The summed E-state index contributed by atoms with van der Waals surface area (Å²) in [5.41, 5.74) is 3.81. The summed E-state index contributed by atoms with van der Waals surface area (Å²) in [4.78, 5) is 22.5. The Morgan fingerprint density at radius 1 is 1.11 bits per heavy atom. The Hall–Kier alpha value is -2.28. The van der Waals surface area contributed by atoms with Gasteiger partial charge < -0.3 is 19.7 Å². The zero-order chi connectivity index (χ0) is 24.6. The number of halogens is 2. The molecule has 2 fully saturated rings. The van der Waals surface area contributed by atoms with Gasteiger partial charge in [-0.05, 0) is 75.0 Å². The van der Waals surface area contributed by atoms with Gasteiger partial charge in [-0.25, -0.2) is 4.98 Å². The monoisotopic (exact) mass is 513 g/mol. The summed E-state index contributed by atoms with van der Waals surface area (Å²) < 4.78 is 2.16. The van der Waals surface area contributed by atoms with Crippen molar-refractivity contribution in [1.29, 1.82) is 0 Å². The summed E-state index contributed by atoms with van der Waals surface area (Å²) in [6.07, 6.45) is 5.95. The number of imidazole rings is 1. The number of rotatable bonds is 5. The molecule has 0 bridgehead atoms. The fraction of sp³-hybridized carbons (Fsp3) is 0.481. The zero-order valence-corrected chi connectivity index (χ0v) is 21.9. The molecular weight excluding hydrogens is 481 g/mol. The van der Waals surface area contributed by atoms with Crippen LogP contribution in [0, 0.1) is 0 Å². The fourth-order valence-electron chi connectivity index (χ4n) is 5.58. The maximum atomic E-state index is 13.4. The van der Waals surface area contributed by atoms with E-state index in [2.05, 4.69) is 56.7 Å². The second-order valence-electron chi connectivity index (χ2n) is 9.77. The second-order valence-corrected chi connectivity index (χ2v) is 10.6. The average molecular weight is 515 g/mol. The van der Waals surface area contributed by atoms with Gasteiger partial charge in [0.1, 0.15) is 0 Å². The Bertz CT molecular complexity index is 1210. The van der Waals surface area contributed by atoms with Crippen molar-refractivity contribution in [3.8, 4) is 0 Å². The third-order valence-corrected chi connectivity index (χ3v) is 8.39. The lowest BCUT2D eigenvalue weighted by molar-refractivity contribution is -0.140. The maximum absolute atomic E-state index is 13.4. The number of carbonyl (C=O) groups is 1. The van der Waals surface area contributed by atoms with E-state index in [-0.39, 0.29) is 17.5 Å². The predicted octanol–water partition coefficient (Wildman–Crippen LogP) is 5.52. The number of nitrogens with one attached hydrogen (secondary N) is 1. The van der Waals surface area contributed by atoms with Crippen LogP contribution in [0.4, 0.5) is 5.69 Å². The summed E-state index contributed by atoms with van der Waals surface area (Å²) in [6.45, 7) is 8.33. The molecule has 1 N–H and O–H groups in total. The summed E-state index contributed by atoms with van der Waals surface area (Å²) >= 11 is 12.6. The Labute approximate surface area is 217 Å². The number of carbonyl (C=O) groups excluding carboxylic acids is 1. The van der Waals surface area contributed by atoms with Crippen LogP contribution in [0.25, 0.3) is 11.0 Å². The Balaban J connectivity index is 1.33. The zero-order valence-electron chi connectivity index (χ0n) is 20.4. The van der Waals surface area contributed by atoms with Crippen LogP contribution in [0.1, 0.15) is 51.1 Å². The van der Waals surface area contributed by atoms with Crippen LogP contribution in [0.5, 0.6) is 0 Å². The van der Waals surface area contributed by atoms with Gasteiger partial charge >= 0.3 is 0 Å². The molecule has 2 aromatic carbocycles. The third kappa shape index (κ3) is 4.64. The Morgan fingerprint density at radius 2 is 1.91 bits per heavy atom. The number of aromatic nitrogens is 2. The number of hydrogen-bond acceptors (Lipinski definition) is 4. The van der Waals surface area contributed by atoms with E-state index in [0.717, 1.165) is 80.7 Å². The molecule has 35 heavy (non-hydrogen) atoms. The lowest BCUT2D eigenvalue weighted by Crippen LogP contribution is -2.62. The molecule has 2 aliphatic rings. The van der Waals surface area contributed by atoms with Gasteiger partial charge in [0, 0.05) is 41.9 Å². The lowest BCUT2D eigenvalue weighted by atomic mass is 9.85. The molecule has 0 spiro atoms. The van der Waals surface area contributed by atoms with E-state index < -0.39 is 0 Å². The van der Waals surface area contributed by atoms with Gasteiger partial charge in [0.15, 0.2) is 0 Å². The second kappa shape index (κ2) is 10.00. The van der Waals surface area contributed by atoms with Crippen molar-refractivity contribution >= 4 is 45.8 Å². The van der Waals surface area contributed by atoms with Gasteiger partial charge in [-0.3, -0.25) is 4.79 Å². The van der Waals surface area contributed by atoms with E-state index in [1.54, 1.807) is 6.07 Å². The molecule has 1 amide bonds. The van der Waals surface area contributed by atoms with Crippen molar-refractivity contribution in [2.75, 3.05) is 37.6 Å². The lowest BCUT2D eigenvalue weighted by Gasteiger charge is -2.43. The molecule has 3 aromatic rings. The minimum Gasteiger partial charge on any atom is -0.368 e. The number of amides is 1. The molecule has 1 aromatic heterocycles. The predicted molar refractivity (Wildman–Crippen MR) is 144 cm³/mol. The van der Waals surface area contributed by atoms with E-state index in [1.807, 2.05) is 18.5 Å². The van der Waals surface area contributed by atoms with E-state index in [1.165, 1.54) is 0 Å². The molecule has 1 unspecified atom stereocenters. The topological polar surface area (TPSA) is 53.4 Å². The minimum atomic E-state index is -0.370. The molecule has 2 atom stereocenters. The number of nitrogens with zero attached hydrogens (tertiary/aromatic N) is 4. The number of piperazine rings is 1. The van der Waals surface area contributed by atoms with Crippen molar-refractivity contribution in [1.82, 2.24) is 19.8 Å². The SMILES string of the molecule is CCC1(C(=O)N2CCN(c3ccc4ncn([C@H](C)c5ccc(Cl)cc5Cl)c4c3)CC2)CCCCN1. The summed E-state index contributed by atoms with van der Waals surface area (Å²) in [5, 5.41) is 4.83. The number of anilines is 1. The van der Waals surface area contributed by atoms with Crippen LogP contribution in [0.15, 0.2) is 42.7 Å². The van der Waals surface area contributed by atoms with Crippen LogP contribution in [-0.4, -0.2) is 58.6 Å². The van der Waals surface area contributed by atoms with Gasteiger partial charge in [0.25, 0.3) is 0 Å². The molecule has 186 valence electrons. The highest BCUT2D eigenvalue weighted by Gasteiger charge is 2.41. The van der Waals surface area contributed by atoms with Gasteiger partial charge in [-0.15, -0.1) is 0 Å². The molecule has 0 aliphatic carbocycles. The fourth-order valence-corrected chi connectivity index (χ4v) is 6.15. The number of fused-ring (bicyclic) bond motifs is 1. The number of benzene rings is 2. The van der Waals surface area contributed by atoms with Gasteiger partial charge in [-0.1, -0.05) is 36.2 Å². The summed E-state index contributed by atoms with van der Waals surface area (Å²) in [6, 6.07) is 12.1. The average Bonchev–Trinajstić information content (AvgIpc) is 3.32. The van der Waals surface area contributed by atoms with E-state index in [4.69, 9.17) is 23.2 Å². The Morgan fingerprint density at radius 3 is 2.60 bits per heavy atom. The van der Waals surface area contributed by atoms with Crippen LogP contribution in [0.2, 0.25) is 10.0 Å². The van der Waals surface area contributed by atoms with Gasteiger partial charge in [0.05, 0.1) is 28.9 Å². The van der Waals surface area contributed by atoms with Crippen molar-refractivity contribution < 1.29 is 4.79 Å². The normalized spacial score (nSPS) is 21.9. The van der Waals surface area contributed by atoms with Crippen molar-refractivity contribution in [2.45, 2.75) is 51.1 Å². The highest BCUT2D eigenvalue weighted by Crippen LogP contribution is 2.32. The van der Waals surface area contributed by atoms with Crippen LogP contribution in [0.3, 0.4) is 0 Å². The summed E-state index contributed by atoms with van der Waals surface area (Å²) in [7, 11) is 0. The van der Waals surface area contributed by atoms with Crippen LogP contribution < -0.4 is 10.2 Å². The molecule has 5 rings (SSSR count). The first-order valence-electron chi connectivity index (χ1n) is 12.6. The van der Waals surface area contributed by atoms with Crippen molar-refractivity contribution in [3.05, 3.63) is 58.3 Å². The highest BCUT2D eigenvalue weighted by molar-refractivity contribution is 6.35. The molecule has 0 saturated carbocycles. The summed E-state index contributed by atoms with van der Waals surface area (Å²) in [5.74, 6) is 0.279. The minimum absolute atomic E-state index is 0.0164. The molecule has 6 nitrogen and oxygen atoms in total. The Kier molecular flexibility index (Phi) is 6.97. The maximum Gasteiger partial charge on any atom is 0.242 e. The molecule has 0 radical (unpaired) electrons. The van der Waals surface area contributed by atoms with Crippen molar-refractivity contribution in [2.24, 2.45) is 0 Å².